The van der Waals surface area contributed by atoms with E-state index in [-0.39, 0.29) is 22.8 Å². The van der Waals surface area contributed by atoms with Gasteiger partial charge in [0.25, 0.3) is 0 Å². The number of rotatable bonds is 3. The number of carbonyl (C=O) groups excluding carboxylic acids is 2. The number of benzene rings is 1. The molecule has 0 saturated carbocycles. The van der Waals surface area contributed by atoms with Crippen molar-refractivity contribution in [2.24, 2.45) is 0 Å². The van der Waals surface area contributed by atoms with Gasteiger partial charge in [0.2, 0.25) is 0 Å². The average molecular weight is 308 g/mol. The molecule has 0 aliphatic rings. The topological polar surface area (TPSA) is 63.6 Å². The number of hydrogen-bond acceptors (Lipinski definition) is 4. The first-order valence-electron chi connectivity index (χ1n) is 4.24. The molecule has 0 fully saturated rings. The summed E-state index contributed by atoms with van der Waals surface area (Å²) in [6.45, 7) is 0. The minimum absolute atomic E-state index is 0.00753. The lowest BCUT2D eigenvalue weighted by atomic mass is 10.1. The summed E-state index contributed by atoms with van der Waals surface area (Å²) in [6, 6.07) is 1.41. The molecular weight excluding hydrogens is 299 g/mol. The highest BCUT2D eigenvalue weighted by Crippen LogP contribution is 2.36. The van der Waals surface area contributed by atoms with Crippen LogP contribution in [0.25, 0.3) is 0 Å². The predicted molar refractivity (Wildman–Crippen MR) is 61.9 cm³/mol. The second kappa shape index (κ2) is 5.32. The quantitative estimate of drug-likeness (QED) is 0.687. The van der Waals surface area contributed by atoms with Crippen LogP contribution in [0.2, 0.25) is 5.02 Å². The van der Waals surface area contributed by atoms with Gasteiger partial charge in [-0.25, -0.2) is 4.79 Å². The molecule has 0 aliphatic carbocycles. The minimum Gasteiger partial charge on any atom is -0.506 e. The number of phenols is 1. The standard InChI is InChI=1S/C10H8BrClO4/c1-16-10(15)6-4-7(11)5(2-3-13)9(14)8(6)12/h3-4,14H,2H2,1H3. The molecule has 0 saturated heterocycles. The lowest BCUT2D eigenvalue weighted by molar-refractivity contribution is -0.107. The zero-order valence-corrected chi connectivity index (χ0v) is 10.6. The molecule has 1 aromatic carbocycles. The van der Waals surface area contributed by atoms with Crippen LogP contribution < -0.4 is 0 Å². The largest absolute Gasteiger partial charge is 0.506 e. The lowest BCUT2D eigenvalue weighted by Crippen LogP contribution is -2.04. The van der Waals surface area contributed by atoms with Gasteiger partial charge in [-0.05, 0) is 6.07 Å². The molecule has 6 heteroatoms. The van der Waals surface area contributed by atoms with Crippen LogP contribution >= 0.6 is 27.5 Å². The Morgan fingerprint density at radius 2 is 2.31 bits per heavy atom. The van der Waals surface area contributed by atoms with E-state index in [4.69, 9.17) is 11.6 Å². The Morgan fingerprint density at radius 1 is 1.69 bits per heavy atom. The molecule has 0 amide bonds. The van der Waals surface area contributed by atoms with E-state index in [0.29, 0.717) is 16.3 Å². The number of carbonyl (C=O) groups is 2. The van der Waals surface area contributed by atoms with Crippen molar-refractivity contribution in [1.29, 1.82) is 0 Å². The molecule has 0 aliphatic heterocycles. The van der Waals surface area contributed by atoms with Crippen LogP contribution in [0.1, 0.15) is 15.9 Å². The molecule has 0 radical (unpaired) electrons. The molecule has 4 nitrogen and oxygen atoms in total. The predicted octanol–water partition coefficient (Wildman–Crippen LogP) is 2.34. The molecule has 0 spiro atoms. The second-order valence-corrected chi connectivity index (χ2v) is 4.14. The average Bonchev–Trinajstić information content (AvgIpc) is 2.28. The summed E-state index contributed by atoms with van der Waals surface area (Å²) < 4.78 is 4.93. The van der Waals surface area contributed by atoms with Crippen LogP contribution in [0, 0.1) is 0 Å². The van der Waals surface area contributed by atoms with Crippen molar-refractivity contribution in [3.8, 4) is 5.75 Å². The van der Waals surface area contributed by atoms with Crippen LogP contribution in [-0.4, -0.2) is 24.5 Å². The molecule has 0 bridgehead atoms. The van der Waals surface area contributed by atoms with Crippen LogP contribution in [0.5, 0.6) is 5.75 Å². The normalized spacial score (nSPS) is 9.94. The van der Waals surface area contributed by atoms with Gasteiger partial charge in [-0.1, -0.05) is 27.5 Å². The molecule has 0 aromatic heterocycles. The summed E-state index contributed by atoms with van der Waals surface area (Å²) in [4.78, 5) is 21.7. The van der Waals surface area contributed by atoms with Crippen LogP contribution in [0.15, 0.2) is 10.5 Å². The lowest BCUT2D eigenvalue weighted by Gasteiger charge is -2.10. The molecule has 1 rings (SSSR count). The Hall–Kier alpha value is -1.07. The zero-order valence-electron chi connectivity index (χ0n) is 8.29. The van der Waals surface area contributed by atoms with Crippen molar-refractivity contribution in [3.05, 3.63) is 26.7 Å². The fourth-order valence-corrected chi connectivity index (χ4v) is 2.01. The zero-order chi connectivity index (χ0) is 12.3. The Bertz CT molecular complexity index is 445. The highest BCUT2D eigenvalue weighted by Gasteiger charge is 2.19. The van der Waals surface area contributed by atoms with E-state index in [9.17, 15) is 14.7 Å². The van der Waals surface area contributed by atoms with Gasteiger partial charge in [0, 0.05) is 16.5 Å². The fraction of sp³-hybridized carbons (Fsp3) is 0.200. The number of ether oxygens (including phenoxy) is 1. The third-order valence-electron chi connectivity index (χ3n) is 1.98. The Labute approximate surface area is 105 Å². The Balaban J connectivity index is 3.38. The van der Waals surface area contributed by atoms with Crippen molar-refractivity contribution in [1.82, 2.24) is 0 Å². The SMILES string of the molecule is COC(=O)c1cc(Br)c(CC=O)c(O)c1Cl. The van der Waals surface area contributed by atoms with E-state index in [2.05, 4.69) is 20.7 Å². The van der Waals surface area contributed by atoms with E-state index in [0.717, 1.165) is 0 Å². The van der Waals surface area contributed by atoms with E-state index >= 15 is 0 Å². The maximum Gasteiger partial charge on any atom is 0.339 e. The first-order valence-corrected chi connectivity index (χ1v) is 5.41. The van der Waals surface area contributed by atoms with Crippen LogP contribution in [0.4, 0.5) is 0 Å². The minimum atomic E-state index is -0.654. The third-order valence-corrected chi connectivity index (χ3v) is 3.07. The number of halogens is 2. The van der Waals surface area contributed by atoms with Crippen molar-refractivity contribution < 1.29 is 19.4 Å². The smallest absolute Gasteiger partial charge is 0.339 e. The van der Waals surface area contributed by atoms with Crippen LogP contribution in [0.3, 0.4) is 0 Å². The molecule has 86 valence electrons. The summed E-state index contributed by atoms with van der Waals surface area (Å²) in [7, 11) is 1.21. The van der Waals surface area contributed by atoms with Gasteiger partial charge in [-0.3, -0.25) is 0 Å². The molecule has 0 unspecified atom stereocenters. The maximum atomic E-state index is 11.3. The number of phenolic OH excluding ortho intramolecular Hbond substituents is 1. The van der Waals surface area contributed by atoms with Gasteiger partial charge >= 0.3 is 5.97 Å². The van der Waals surface area contributed by atoms with Crippen molar-refractivity contribution in [2.45, 2.75) is 6.42 Å². The van der Waals surface area contributed by atoms with E-state index < -0.39 is 5.97 Å². The number of aromatic hydroxyl groups is 1. The van der Waals surface area contributed by atoms with E-state index in [1.54, 1.807) is 0 Å². The number of esters is 1. The summed E-state index contributed by atoms with van der Waals surface area (Å²) in [5, 5.41) is 9.59. The van der Waals surface area contributed by atoms with Gasteiger partial charge in [-0.15, -0.1) is 0 Å². The summed E-state index contributed by atoms with van der Waals surface area (Å²) in [6.07, 6.45) is 0.640. The molecule has 16 heavy (non-hydrogen) atoms. The molecular formula is C10H8BrClO4. The third kappa shape index (κ3) is 2.36. The highest BCUT2D eigenvalue weighted by molar-refractivity contribution is 9.10. The van der Waals surface area contributed by atoms with Gasteiger partial charge < -0.3 is 14.6 Å². The molecule has 0 heterocycles. The summed E-state index contributed by atoms with van der Waals surface area (Å²) in [5.41, 5.74) is 0.385. The van der Waals surface area contributed by atoms with Gasteiger partial charge in [0.05, 0.1) is 17.7 Å². The fourth-order valence-electron chi connectivity index (χ4n) is 1.19. The summed E-state index contributed by atoms with van der Waals surface area (Å²) >= 11 is 8.94. The maximum absolute atomic E-state index is 11.3. The van der Waals surface area contributed by atoms with Crippen molar-refractivity contribution in [2.75, 3.05) is 7.11 Å². The Morgan fingerprint density at radius 3 is 2.81 bits per heavy atom. The first kappa shape index (κ1) is 13.0. The number of hydrogen-bond donors (Lipinski definition) is 1. The van der Waals surface area contributed by atoms with Crippen molar-refractivity contribution in [3.63, 3.8) is 0 Å². The highest BCUT2D eigenvalue weighted by atomic mass is 79.9. The van der Waals surface area contributed by atoms with Crippen molar-refractivity contribution >= 4 is 39.8 Å². The number of methoxy groups -OCH3 is 1. The monoisotopic (exact) mass is 306 g/mol. The van der Waals surface area contributed by atoms with Gasteiger partial charge in [-0.2, -0.15) is 0 Å². The summed E-state index contributed by atoms with van der Waals surface area (Å²) in [5.74, 6) is -0.942. The van der Waals surface area contributed by atoms with E-state index in [1.807, 2.05) is 0 Å². The number of aldehydes is 1. The second-order valence-electron chi connectivity index (χ2n) is 2.91. The Kier molecular flexibility index (Phi) is 4.32. The van der Waals surface area contributed by atoms with Crippen LogP contribution in [-0.2, 0) is 16.0 Å². The molecule has 0 atom stereocenters. The molecule has 1 N–H and O–H groups in total. The first-order chi connectivity index (χ1) is 7.52. The molecule has 1 aromatic rings. The van der Waals surface area contributed by atoms with E-state index in [1.165, 1.54) is 13.2 Å². The van der Waals surface area contributed by atoms with Gasteiger partial charge in [0.1, 0.15) is 12.0 Å². The van der Waals surface area contributed by atoms with Gasteiger partial charge in [0.15, 0.2) is 0 Å².